The van der Waals surface area contributed by atoms with Crippen LogP contribution in [0.2, 0.25) is 0 Å². The van der Waals surface area contributed by atoms with Gasteiger partial charge in [0.15, 0.2) is 0 Å². The average molecular weight is 426 g/mol. The summed E-state index contributed by atoms with van der Waals surface area (Å²) in [5.41, 5.74) is -0.407. The monoisotopic (exact) mass is 426 g/mol. The summed E-state index contributed by atoms with van der Waals surface area (Å²) in [6.07, 6.45) is -0.716. The first-order chi connectivity index (χ1) is 13.5. The van der Waals surface area contributed by atoms with Gasteiger partial charge in [0.1, 0.15) is 0 Å². The van der Waals surface area contributed by atoms with E-state index in [4.69, 9.17) is 5.14 Å². The van der Waals surface area contributed by atoms with E-state index in [9.17, 15) is 31.8 Å². The average Bonchev–Trinajstić information content (AvgIpc) is 3.07. The number of nitrogens with zero attached hydrogens (tertiary/aromatic N) is 1. The first kappa shape index (κ1) is 21.2. The lowest BCUT2D eigenvalue weighted by Gasteiger charge is -2.18. The van der Waals surface area contributed by atoms with Crippen molar-refractivity contribution in [3.05, 3.63) is 71.6 Å². The van der Waals surface area contributed by atoms with E-state index < -0.39 is 40.4 Å². The van der Waals surface area contributed by atoms with E-state index in [-0.39, 0.29) is 10.6 Å². The van der Waals surface area contributed by atoms with Gasteiger partial charge in [0.25, 0.3) is 0 Å². The number of nitrogens with two attached hydrogens (primary N) is 1. The molecule has 0 amide bonds. The van der Waals surface area contributed by atoms with Crippen LogP contribution in [0.25, 0.3) is 11.1 Å². The Kier molecular flexibility index (Phi) is 5.39. The minimum atomic E-state index is -4.53. The minimum Gasteiger partial charge on any atom is -0.395 e. The number of alkyl halides is 3. The molecule has 2 aromatic rings. The summed E-state index contributed by atoms with van der Waals surface area (Å²) in [6.45, 7) is -0.876. The molecule has 6 nitrogen and oxygen atoms in total. The lowest BCUT2D eigenvalue weighted by molar-refractivity contribution is -0.137. The molecule has 0 radical (unpaired) electrons. The molecule has 1 aromatic carbocycles. The summed E-state index contributed by atoms with van der Waals surface area (Å²) in [7, 11) is -3.89. The van der Waals surface area contributed by atoms with E-state index >= 15 is 0 Å². The maximum absolute atomic E-state index is 12.8. The number of halogens is 3. The van der Waals surface area contributed by atoms with Crippen LogP contribution in [0.3, 0.4) is 0 Å². The Morgan fingerprint density at radius 2 is 1.55 bits per heavy atom. The lowest BCUT2D eigenvalue weighted by Crippen LogP contribution is -2.23. The number of pyridine rings is 1. The van der Waals surface area contributed by atoms with Crippen molar-refractivity contribution >= 4 is 21.2 Å². The molecule has 0 spiro atoms. The van der Waals surface area contributed by atoms with E-state index in [1.807, 2.05) is 0 Å². The molecule has 10 heteroatoms. The molecule has 0 fully saturated rings. The van der Waals surface area contributed by atoms with Crippen molar-refractivity contribution in [3.8, 4) is 0 Å². The van der Waals surface area contributed by atoms with Crippen molar-refractivity contribution in [1.29, 1.82) is 0 Å². The Morgan fingerprint density at radius 1 is 0.966 bits per heavy atom. The van der Waals surface area contributed by atoms with E-state index in [1.165, 1.54) is 36.4 Å². The standard InChI is InChI=1S/C19H17F3N2O4S/c20-19(21,22)13-3-6-17(24-9-13)16-8-18(10-25,11-26)7-15(16)12-1-4-14(5-2-12)29(23,27)28/h1-9,25-26H,10-11H2,(H2,23,27,28). The van der Waals surface area contributed by atoms with Gasteiger partial charge in [-0.1, -0.05) is 24.3 Å². The SMILES string of the molecule is NS(=O)(=O)c1ccc(C2=CC(CO)(CO)C=C2c2ccc(C(F)(F)F)cn2)cc1. The number of aliphatic hydroxyl groups is 2. The first-order valence-electron chi connectivity index (χ1n) is 8.34. The van der Waals surface area contributed by atoms with Gasteiger partial charge in [-0.05, 0) is 35.4 Å². The second-order valence-electron chi connectivity index (χ2n) is 6.66. The van der Waals surface area contributed by atoms with E-state index in [0.717, 1.165) is 6.07 Å². The molecule has 0 saturated heterocycles. The van der Waals surface area contributed by atoms with Crippen molar-refractivity contribution in [2.45, 2.75) is 11.1 Å². The molecule has 29 heavy (non-hydrogen) atoms. The molecular weight excluding hydrogens is 409 g/mol. The maximum Gasteiger partial charge on any atom is 0.417 e. The molecule has 1 heterocycles. The zero-order chi connectivity index (χ0) is 21.4. The normalized spacial score (nSPS) is 16.5. The van der Waals surface area contributed by atoms with E-state index in [2.05, 4.69) is 4.98 Å². The van der Waals surface area contributed by atoms with Crippen LogP contribution in [0.1, 0.15) is 16.8 Å². The topological polar surface area (TPSA) is 114 Å². The molecule has 0 aliphatic heterocycles. The van der Waals surface area contributed by atoms with Crippen LogP contribution in [0.15, 0.2) is 59.6 Å². The second-order valence-corrected chi connectivity index (χ2v) is 8.23. The van der Waals surface area contributed by atoms with E-state index in [1.54, 1.807) is 6.08 Å². The molecule has 0 saturated carbocycles. The Balaban J connectivity index is 2.08. The van der Waals surface area contributed by atoms with Gasteiger partial charge in [0.2, 0.25) is 10.0 Å². The fraction of sp³-hybridized carbons (Fsp3) is 0.211. The van der Waals surface area contributed by atoms with Gasteiger partial charge in [-0.2, -0.15) is 13.2 Å². The fourth-order valence-electron chi connectivity index (χ4n) is 3.00. The van der Waals surface area contributed by atoms with Crippen LogP contribution >= 0.6 is 0 Å². The number of hydrogen-bond donors (Lipinski definition) is 3. The second kappa shape index (κ2) is 7.38. The Bertz CT molecular complexity index is 1070. The quantitative estimate of drug-likeness (QED) is 0.678. The Morgan fingerprint density at radius 3 is 2.00 bits per heavy atom. The van der Waals surface area contributed by atoms with E-state index in [0.29, 0.717) is 22.9 Å². The van der Waals surface area contributed by atoms with Gasteiger partial charge < -0.3 is 10.2 Å². The molecule has 1 aliphatic carbocycles. The van der Waals surface area contributed by atoms with Crippen molar-refractivity contribution in [2.24, 2.45) is 10.6 Å². The molecular formula is C19H17F3N2O4S. The summed E-state index contributed by atoms with van der Waals surface area (Å²) in [5.74, 6) is 0. The number of aromatic nitrogens is 1. The molecule has 4 N–H and O–H groups in total. The van der Waals surface area contributed by atoms with Crippen LogP contribution in [-0.4, -0.2) is 36.8 Å². The number of rotatable bonds is 5. The summed E-state index contributed by atoms with van der Waals surface area (Å²) < 4.78 is 61.3. The number of allylic oxidation sites excluding steroid dienone is 2. The molecule has 154 valence electrons. The minimum absolute atomic E-state index is 0.103. The van der Waals surface area contributed by atoms with Crippen LogP contribution in [0.5, 0.6) is 0 Å². The van der Waals surface area contributed by atoms with Gasteiger partial charge >= 0.3 is 6.18 Å². The first-order valence-corrected chi connectivity index (χ1v) is 9.88. The molecule has 3 rings (SSSR count). The summed E-state index contributed by atoms with van der Waals surface area (Å²) in [4.78, 5) is 3.78. The van der Waals surface area contributed by atoms with Crippen LogP contribution < -0.4 is 5.14 Å². The number of sulfonamides is 1. The van der Waals surface area contributed by atoms with Gasteiger partial charge in [0, 0.05) is 11.8 Å². The van der Waals surface area contributed by atoms with Crippen molar-refractivity contribution in [1.82, 2.24) is 4.98 Å². The van der Waals surface area contributed by atoms with Gasteiger partial charge in [0.05, 0.1) is 34.8 Å². The van der Waals surface area contributed by atoms with Crippen LogP contribution in [0.4, 0.5) is 13.2 Å². The Hall–Kier alpha value is -2.53. The zero-order valence-electron chi connectivity index (χ0n) is 14.9. The van der Waals surface area contributed by atoms with Crippen molar-refractivity contribution in [3.63, 3.8) is 0 Å². The summed E-state index contributed by atoms with van der Waals surface area (Å²) in [5, 5.41) is 24.6. The maximum atomic E-state index is 12.8. The van der Waals surface area contributed by atoms with Gasteiger partial charge in [-0.25, -0.2) is 13.6 Å². The molecule has 1 aromatic heterocycles. The largest absolute Gasteiger partial charge is 0.417 e. The fourth-order valence-corrected chi connectivity index (χ4v) is 3.52. The smallest absolute Gasteiger partial charge is 0.395 e. The predicted octanol–water partition coefficient (Wildman–Crippen LogP) is 2.20. The Labute approximate surface area is 164 Å². The zero-order valence-corrected chi connectivity index (χ0v) is 15.7. The molecule has 0 atom stereocenters. The number of aliphatic hydroxyl groups excluding tert-OH is 2. The van der Waals surface area contributed by atoms with Gasteiger partial charge in [-0.15, -0.1) is 0 Å². The third-order valence-electron chi connectivity index (χ3n) is 4.60. The summed E-state index contributed by atoms with van der Waals surface area (Å²) >= 11 is 0. The number of hydrogen-bond acceptors (Lipinski definition) is 5. The van der Waals surface area contributed by atoms with Crippen molar-refractivity contribution < 1.29 is 31.8 Å². The lowest BCUT2D eigenvalue weighted by atomic mass is 9.92. The summed E-state index contributed by atoms with van der Waals surface area (Å²) in [6, 6.07) is 7.64. The third kappa shape index (κ3) is 4.25. The van der Waals surface area contributed by atoms with Crippen LogP contribution in [-0.2, 0) is 16.2 Å². The van der Waals surface area contributed by atoms with Crippen LogP contribution in [0, 0.1) is 5.41 Å². The van der Waals surface area contributed by atoms with Crippen molar-refractivity contribution in [2.75, 3.05) is 13.2 Å². The number of benzene rings is 1. The highest BCUT2D eigenvalue weighted by atomic mass is 32.2. The third-order valence-corrected chi connectivity index (χ3v) is 5.53. The molecule has 1 aliphatic rings. The highest BCUT2D eigenvalue weighted by Crippen LogP contribution is 2.43. The molecule has 0 bridgehead atoms. The van der Waals surface area contributed by atoms with Gasteiger partial charge in [-0.3, -0.25) is 4.98 Å². The predicted molar refractivity (Wildman–Crippen MR) is 99.6 cm³/mol. The highest BCUT2D eigenvalue weighted by molar-refractivity contribution is 7.89. The molecule has 0 unspecified atom stereocenters. The number of primary sulfonamides is 1. The highest BCUT2D eigenvalue weighted by Gasteiger charge is 2.34.